The smallest absolute Gasteiger partial charge is 0.0628 e. The molecule has 0 saturated carbocycles. The van der Waals surface area contributed by atoms with Gasteiger partial charge in [0.2, 0.25) is 0 Å². The zero-order valence-corrected chi connectivity index (χ0v) is 10.8. The molecule has 0 amide bonds. The molecular weight excluding hydrogens is 275 g/mol. The van der Waals surface area contributed by atoms with Gasteiger partial charge in [-0.3, -0.25) is 0 Å². The minimum atomic E-state index is -0.274. The molecule has 1 N–H and O–H groups in total. The minimum absolute atomic E-state index is 0.178. The van der Waals surface area contributed by atoms with Gasteiger partial charge in [-0.05, 0) is 29.3 Å². The van der Waals surface area contributed by atoms with Crippen molar-refractivity contribution in [2.75, 3.05) is 0 Å². The van der Waals surface area contributed by atoms with E-state index in [0.29, 0.717) is 5.92 Å². The zero-order chi connectivity index (χ0) is 10.4. The molecule has 1 nitrogen and oxygen atoms in total. The van der Waals surface area contributed by atoms with E-state index in [4.69, 9.17) is 0 Å². The van der Waals surface area contributed by atoms with Gasteiger partial charge >= 0.3 is 0 Å². The quantitative estimate of drug-likeness (QED) is 0.607. The Morgan fingerprint density at radius 3 is 2.46 bits per heavy atom. The van der Waals surface area contributed by atoms with Gasteiger partial charge in [-0.2, -0.15) is 0 Å². The summed E-state index contributed by atoms with van der Waals surface area (Å²) in [6, 6.07) is 0. The average molecular weight is 294 g/mol. The Balaban J connectivity index is 4.10. The summed E-state index contributed by atoms with van der Waals surface area (Å²) in [4.78, 5) is 0. The third-order valence-electron chi connectivity index (χ3n) is 2.32. The lowest BCUT2D eigenvalue weighted by Crippen LogP contribution is -2.24. The van der Waals surface area contributed by atoms with E-state index >= 15 is 0 Å². The molecule has 0 aliphatic rings. The van der Waals surface area contributed by atoms with E-state index in [-0.39, 0.29) is 12.0 Å². The molecule has 0 aliphatic carbocycles. The van der Waals surface area contributed by atoms with Crippen molar-refractivity contribution in [3.05, 3.63) is 22.3 Å². The fraction of sp³-hybridized carbons (Fsp3) is 0.636. The van der Waals surface area contributed by atoms with Crippen molar-refractivity contribution in [1.29, 1.82) is 0 Å². The van der Waals surface area contributed by atoms with Gasteiger partial charge in [-0.15, -0.1) is 6.58 Å². The highest BCUT2D eigenvalue weighted by Crippen LogP contribution is 2.21. The van der Waals surface area contributed by atoms with Gasteiger partial charge in [0.25, 0.3) is 0 Å². The molecule has 0 bridgehead atoms. The lowest BCUT2D eigenvalue weighted by atomic mass is 9.89. The van der Waals surface area contributed by atoms with Gasteiger partial charge in [0.1, 0.15) is 0 Å². The van der Waals surface area contributed by atoms with Gasteiger partial charge in [0.15, 0.2) is 0 Å². The van der Waals surface area contributed by atoms with Crippen molar-refractivity contribution in [2.24, 2.45) is 11.8 Å². The van der Waals surface area contributed by atoms with Crippen molar-refractivity contribution in [3.63, 3.8) is 0 Å². The van der Waals surface area contributed by atoms with Crippen LogP contribution in [-0.2, 0) is 0 Å². The second kappa shape index (κ2) is 6.60. The van der Waals surface area contributed by atoms with Crippen LogP contribution in [-0.4, -0.2) is 11.2 Å². The third kappa shape index (κ3) is 4.81. The third-order valence-corrected chi connectivity index (χ3v) is 3.39. The summed E-state index contributed by atoms with van der Waals surface area (Å²) in [5.74, 6) is 0.482. The normalized spacial score (nSPS) is 19.3. The van der Waals surface area contributed by atoms with Crippen molar-refractivity contribution in [2.45, 2.75) is 33.3 Å². The number of halogens is 1. The molecule has 76 valence electrons. The van der Waals surface area contributed by atoms with Gasteiger partial charge in [-0.25, -0.2) is 0 Å². The Labute approximate surface area is 95.1 Å². The molecule has 0 aromatic rings. The van der Waals surface area contributed by atoms with Crippen LogP contribution in [0.1, 0.15) is 27.2 Å². The zero-order valence-electron chi connectivity index (χ0n) is 8.63. The number of aliphatic hydroxyl groups is 1. The molecule has 0 rings (SSSR count). The first-order valence-electron chi connectivity index (χ1n) is 4.59. The van der Waals surface area contributed by atoms with E-state index in [1.807, 2.05) is 13.0 Å². The second-order valence-electron chi connectivity index (χ2n) is 3.72. The van der Waals surface area contributed by atoms with E-state index < -0.39 is 0 Å². The van der Waals surface area contributed by atoms with Crippen LogP contribution >= 0.6 is 22.6 Å². The number of rotatable bonds is 5. The summed E-state index contributed by atoms with van der Waals surface area (Å²) in [6.07, 6.45) is 2.50. The maximum Gasteiger partial charge on any atom is 0.0628 e. The Morgan fingerprint density at radius 2 is 2.08 bits per heavy atom. The van der Waals surface area contributed by atoms with E-state index in [9.17, 15) is 5.11 Å². The largest absolute Gasteiger partial charge is 0.392 e. The maximum atomic E-state index is 9.83. The van der Waals surface area contributed by atoms with Gasteiger partial charge in [0, 0.05) is 0 Å². The number of hydrogen-bond acceptors (Lipinski definition) is 1. The molecular formula is C11H19IO. The number of allylic oxidation sites excluding steroid dienone is 1. The molecule has 0 aromatic carbocycles. The molecule has 0 radical (unpaired) electrons. The first-order chi connectivity index (χ1) is 6.02. The summed E-state index contributed by atoms with van der Waals surface area (Å²) in [5, 5.41) is 9.83. The van der Waals surface area contributed by atoms with Gasteiger partial charge in [0.05, 0.1) is 6.10 Å². The van der Waals surface area contributed by atoms with Gasteiger partial charge < -0.3 is 5.11 Å². The van der Waals surface area contributed by atoms with E-state index in [1.54, 1.807) is 0 Å². The summed E-state index contributed by atoms with van der Waals surface area (Å²) < 4.78 is 2.07. The fourth-order valence-corrected chi connectivity index (χ4v) is 1.59. The lowest BCUT2D eigenvalue weighted by Gasteiger charge is -2.22. The standard InChI is InChI=1S/C11H19IO/c1-5-9(3)11(13)10(4)6-8(2)7-12/h5,7,9-11,13H,1,6H2,2-4H3/b8-7+/t9-,10+,11-/m1/s1. The maximum absolute atomic E-state index is 9.83. The molecule has 0 heterocycles. The Bertz CT molecular complexity index is 187. The van der Waals surface area contributed by atoms with Crippen LogP contribution in [0, 0.1) is 11.8 Å². The second-order valence-corrected chi connectivity index (χ2v) is 4.35. The highest BCUT2D eigenvalue weighted by molar-refractivity contribution is 14.1. The van der Waals surface area contributed by atoms with E-state index in [2.05, 4.69) is 47.1 Å². The molecule has 0 aliphatic heterocycles. The molecule has 2 heteroatoms. The number of aliphatic hydroxyl groups excluding tert-OH is 1. The fourth-order valence-electron chi connectivity index (χ4n) is 1.33. The van der Waals surface area contributed by atoms with Crippen molar-refractivity contribution in [1.82, 2.24) is 0 Å². The predicted molar refractivity (Wildman–Crippen MR) is 66.9 cm³/mol. The Hall–Kier alpha value is 0.170. The van der Waals surface area contributed by atoms with Crippen LogP contribution in [0.3, 0.4) is 0 Å². The molecule has 3 atom stereocenters. The minimum Gasteiger partial charge on any atom is -0.392 e. The van der Waals surface area contributed by atoms with E-state index in [0.717, 1.165) is 6.42 Å². The van der Waals surface area contributed by atoms with E-state index in [1.165, 1.54) is 5.57 Å². The molecule has 13 heavy (non-hydrogen) atoms. The summed E-state index contributed by atoms with van der Waals surface area (Å²) in [6.45, 7) is 9.85. The monoisotopic (exact) mass is 294 g/mol. The van der Waals surface area contributed by atoms with Crippen LogP contribution in [0.15, 0.2) is 22.3 Å². The molecule has 0 fully saturated rings. The van der Waals surface area contributed by atoms with Crippen molar-refractivity contribution in [3.8, 4) is 0 Å². The predicted octanol–water partition coefficient (Wildman–Crippen LogP) is 3.53. The molecule has 0 spiro atoms. The highest BCUT2D eigenvalue weighted by Gasteiger charge is 2.18. The Kier molecular flexibility index (Phi) is 6.68. The van der Waals surface area contributed by atoms with Crippen LogP contribution in [0.4, 0.5) is 0 Å². The highest BCUT2D eigenvalue weighted by atomic mass is 127. The summed E-state index contributed by atoms with van der Waals surface area (Å²) >= 11 is 2.23. The first kappa shape index (κ1) is 13.2. The molecule has 0 saturated heterocycles. The number of hydrogen-bond donors (Lipinski definition) is 1. The Morgan fingerprint density at radius 1 is 1.54 bits per heavy atom. The van der Waals surface area contributed by atoms with Crippen LogP contribution < -0.4 is 0 Å². The molecule has 0 unspecified atom stereocenters. The van der Waals surface area contributed by atoms with Crippen molar-refractivity contribution >= 4 is 22.6 Å². The van der Waals surface area contributed by atoms with Gasteiger partial charge in [-0.1, -0.05) is 48.1 Å². The lowest BCUT2D eigenvalue weighted by molar-refractivity contribution is 0.0832. The van der Waals surface area contributed by atoms with Crippen LogP contribution in [0.2, 0.25) is 0 Å². The van der Waals surface area contributed by atoms with Crippen LogP contribution in [0.25, 0.3) is 0 Å². The summed E-state index contributed by atoms with van der Waals surface area (Å²) in [7, 11) is 0. The van der Waals surface area contributed by atoms with Crippen molar-refractivity contribution < 1.29 is 5.11 Å². The average Bonchev–Trinajstić information content (AvgIpc) is 2.14. The first-order valence-corrected chi connectivity index (χ1v) is 5.84. The summed E-state index contributed by atoms with van der Waals surface area (Å²) in [5.41, 5.74) is 1.32. The molecule has 0 aromatic heterocycles. The topological polar surface area (TPSA) is 20.2 Å². The van der Waals surface area contributed by atoms with Crippen LogP contribution in [0.5, 0.6) is 0 Å². The SMILES string of the molecule is C=C[C@@H](C)[C@@H](O)[C@@H](C)C/C(C)=C/I.